The van der Waals surface area contributed by atoms with Crippen molar-refractivity contribution >= 4 is 17.6 Å². The molecule has 0 atom stereocenters. The van der Waals surface area contributed by atoms with Crippen molar-refractivity contribution in [3.63, 3.8) is 0 Å². The van der Waals surface area contributed by atoms with Gasteiger partial charge in [0.1, 0.15) is 11.5 Å². The average molecular weight is 388 g/mol. The Hall–Kier alpha value is -3.62. The number of nitro groups is 1. The van der Waals surface area contributed by atoms with Crippen LogP contribution in [0.15, 0.2) is 36.4 Å². The summed E-state index contributed by atoms with van der Waals surface area (Å²) in [6, 6.07) is 8.57. The van der Waals surface area contributed by atoms with E-state index in [1.165, 1.54) is 20.3 Å². The third kappa shape index (κ3) is 5.19. The molecule has 2 aromatic carbocycles. The molecule has 0 aliphatic rings. The van der Waals surface area contributed by atoms with Crippen LogP contribution in [0, 0.1) is 10.1 Å². The third-order valence-electron chi connectivity index (χ3n) is 3.77. The first-order chi connectivity index (χ1) is 13.4. The van der Waals surface area contributed by atoms with E-state index in [9.17, 15) is 19.7 Å². The summed E-state index contributed by atoms with van der Waals surface area (Å²) in [5.74, 6) is -0.194. The molecular weight excluding hydrogens is 368 g/mol. The van der Waals surface area contributed by atoms with Gasteiger partial charge in [0.25, 0.3) is 11.6 Å². The van der Waals surface area contributed by atoms with Crippen molar-refractivity contribution in [3.8, 4) is 11.5 Å². The predicted octanol–water partition coefficient (Wildman–Crippen LogP) is 2.72. The molecule has 1 amide bonds. The monoisotopic (exact) mass is 388 g/mol. The van der Waals surface area contributed by atoms with Gasteiger partial charge in [-0.3, -0.25) is 14.9 Å². The standard InChI is InChI=1S/C19H20N2O7/c1-4-28-19(23)14-7-13(8-15(9-14)21(24)25)18(22)20-11-12-5-16(26-2)10-17(6-12)27-3/h5-10H,4,11H2,1-3H3,(H,20,22). The van der Waals surface area contributed by atoms with E-state index in [0.29, 0.717) is 17.1 Å². The molecule has 9 nitrogen and oxygen atoms in total. The number of rotatable bonds is 8. The molecule has 0 radical (unpaired) electrons. The van der Waals surface area contributed by atoms with Crippen molar-refractivity contribution in [2.24, 2.45) is 0 Å². The fourth-order valence-corrected chi connectivity index (χ4v) is 2.43. The Morgan fingerprint density at radius 3 is 2.14 bits per heavy atom. The maximum Gasteiger partial charge on any atom is 0.338 e. The number of methoxy groups -OCH3 is 2. The van der Waals surface area contributed by atoms with Crippen molar-refractivity contribution in [2.45, 2.75) is 13.5 Å². The maximum atomic E-state index is 12.5. The number of benzene rings is 2. The van der Waals surface area contributed by atoms with Gasteiger partial charge in [0.05, 0.1) is 31.3 Å². The first kappa shape index (κ1) is 20.7. The molecule has 0 spiro atoms. The SMILES string of the molecule is CCOC(=O)c1cc(C(=O)NCc2cc(OC)cc(OC)c2)cc([N+](=O)[O-])c1. The van der Waals surface area contributed by atoms with E-state index in [1.807, 2.05) is 0 Å². The number of esters is 1. The summed E-state index contributed by atoms with van der Waals surface area (Å²) in [5, 5.41) is 13.8. The molecule has 148 valence electrons. The van der Waals surface area contributed by atoms with Crippen LogP contribution in [0.2, 0.25) is 0 Å². The van der Waals surface area contributed by atoms with Crippen molar-refractivity contribution in [2.75, 3.05) is 20.8 Å². The molecule has 0 saturated heterocycles. The van der Waals surface area contributed by atoms with Crippen LogP contribution in [0.4, 0.5) is 5.69 Å². The Labute approximate surface area is 161 Å². The second kappa shape index (κ2) is 9.36. The van der Waals surface area contributed by atoms with Gasteiger partial charge in [-0.2, -0.15) is 0 Å². The summed E-state index contributed by atoms with van der Waals surface area (Å²) in [6.07, 6.45) is 0. The van der Waals surface area contributed by atoms with Crippen molar-refractivity contribution < 1.29 is 28.7 Å². The molecule has 28 heavy (non-hydrogen) atoms. The van der Waals surface area contributed by atoms with E-state index in [2.05, 4.69) is 5.32 Å². The first-order valence-electron chi connectivity index (χ1n) is 8.34. The molecule has 0 unspecified atom stereocenters. The summed E-state index contributed by atoms with van der Waals surface area (Å²) in [5.41, 5.74) is 0.246. The smallest absolute Gasteiger partial charge is 0.338 e. The van der Waals surface area contributed by atoms with Gasteiger partial charge in [-0.05, 0) is 30.7 Å². The zero-order chi connectivity index (χ0) is 20.7. The highest BCUT2D eigenvalue weighted by Crippen LogP contribution is 2.23. The lowest BCUT2D eigenvalue weighted by molar-refractivity contribution is -0.384. The molecule has 0 heterocycles. The lowest BCUT2D eigenvalue weighted by atomic mass is 10.1. The van der Waals surface area contributed by atoms with Crippen LogP contribution in [-0.4, -0.2) is 37.6 Å². The number of ether oxygens (including phenoxy) is 3. The van der Waals surface area contributed by atoms with Crippen LogP contribution >= 0.6 is 0 Å². The molecule has 0 bridgehead atoms. The fourth-order valence-electron chi connectivity index (χ4n) is 2.43. The number of hydrogen-bond acceptors (Lipinski definition) is 7. The lowest BCUT2D eigenvalue weighted by Gasteiger charge is -2.10. The van der Waals surface area contributed by atoms with Gasteiger partial charge < -0.3 is 19.5 Å². The molecule has 0 saturated carbocycles. The minimum atomic E-state index is -0.738. The zero-order valence-electron chi connectivity index (χ0n) is 15.7. The van der Waals surface area contributed by atoms with Crippen molar-refractivity contribution in [1.29, 1.82) is 0 Å². The number of amides is 1. The largest absolute Gasteiger partial charge is 0.497 e. The number of non-ortho nitro benzene ring substituents is 1. The predicted molar refractivity (Wildman–Crippen MR) is 99.8 cm³/mol. The van der Waals surface area contributed by atoms with Crippen molar-refractivity contribution in [1.82, 2.24) is 5.32 Å². The van der Waals surface area contributed by atoms with Gasteiger partial charge in [0, 0.05) is 30.3 Å². The lowest BCUT2D eigenvalue weighted by Crippen LogP contribution is -2.23. The Bertz CT molecular complexity index is 874. The van der Waals surface area contributed by atoms with E-state index >= 15 is 0 Å². The molecule has 2 rings (SSSR count). The number of carbonyl (C=O) groups is 2. The zero-order valence-corrected chi connectivity index (χ0v) is 15.7. The van der Waals surface area contributed by atoms with Crippen molar-refractivity contribution in [3.05, 3.63) is 63.2 Å². The summed E-state index contributed by atoms with van der Waals surface area (Å²) in [6.45, 7) is 1.86. The van der Waals surface area contributed by atoms with E-state index in [-0.39, 0.29) is 30.0 Å². The summed E-state index contributed by atoms with van der Waals surface area (Å²) < 4.78 is 15.2. The van der Waals surface area contributed by atoms with Crippen LogP contribution < -0.4 is 14.8 Å². The summed E-state index contributed by atoms with van der Waals surface area (Å²) >= 11 is 0. The molecule has 2 aromatic rings. The Morgan fingerprint density at radius 1 is 1.00 bits per heavy atom. The molecule has 0 fully saturated rings. The highest BCUT2D eigenvalue weighted by atomic mass is 16.6. The molecule has 1 N–H and O–H groups in total. The van der Waals surface area contributed by atoms with Crippen LogP contribution in [0.1, 0.15) is 33.2 Å². The van der Waals surface area contributed by atoms with Crippen LogP contribution in [0.25, 0.3) is 0 Å². The van der Waals surface area contributed by atoms with Gasteiger partial charge in [0.15, 0.2) is 0 Å². The van der Waals surface area contributed by atoms with Gasteiger partial charge in [0.2, 0.25) is 0 Å². The highest BCUT2D eigenvalue weighted by molar-refractivity contribution is 5.99. The van der Waals surface area contributed by atoms with Gasteiger partial charge >= 0.3 is 5.97 Å². The molecule has 0 aromatic heterocycles. The number of nitrogens with zero attached hydrogens (tertiary/aromatic N) is 1. The topological polar surface area (TPSA) is 117 Å². The number of nitro benzene ring substituents is 1. The fraction of sp³-hybridized carbons (Fsp3) is 0.263. The number of nitrogens with one attached hydrogen (secondary N) is 1. The van der Waals surface area contributed by atoms with Gasteiger partial charge in [-0.25, -0.2) is 4.79 Å². The Balaban J connectivity index is 2.24. The maximum absolute atomic E-state index is 12.5. The highest BCUT2D eigenvalue weighted by Gasteiger charge is 2.18. The van der Waals surface area contributed by atoms with Crippen LogP contribution in [-0.2, 0) is 11.3 Å². The van der Waals surface area contributed by atoms with Gasteiger partial charge in [-0.15, -0.1) is 0 Å². The second-order valence-electron chi connectivity index (χ2n) is 5.65. The normalized spacial score (nSPS) is 10.1. The quantitative estimate of drug-likeness (QED) is 0.420. The molecular formula is C19H20N2O7. The van der Waals surface area contributed by atoms with Crippen LogP contribution in [0.5, 0.6) is 11.5 Å². The molecule has 0 aliphatic heterocycles. The first-order valence-corrected chi connectivity index (χ1v) is 8.34. The van der Waals surface area contributed by atoms with E-state index in [4.69, 9.17) is 14.2 Å². The number of carbonyl (C=O) groups excluding carboxylic acids is 2. The van der Waals surface area contributed by atoms with Gasteiger partial charge in [-0.1, -0.05) is 0 Å². The summed E-state index contributed by atoms with van der Waals surface area (Å²) in [7, 11) is 3.02. The average Bonchev–Trinajstić information content (AvgIpc) is 2.71. The molecule has 9 heteroatoms. The minimum absolute atomic E-state index is 0.0212. The minimum Gasteiger partial charge on any atom is -0.497 e. The van der Waals surface area contributed by atoms with E-state index in [1.54, 1.807) is 25.1 Å². The Kier molecular flexibility index (Phi) is 6.91. The third-order valence-corrected chi connectivity index (χ3v) is 3.77. The number of hydrogen-bond donors (Lipinski definition) is 1. The second-order valence-corrected chi connectivity index (χ2v) is 5.65. The summed E-state index contributed by atoms with van der Waals surface area (Å²) in [4.78, 5) is 34.8. The van der Waals surface area contributed by atoms with E-state index < -0.39 is 16.8 Å². The van der Waals surface area contributed by atoms with Crippen LogP contribution in [0.3, 0.4) is 0 Å². The Morgan fingerprint density at radius 2 is 1.61 bits per heavy atom. The molecule has 0 aliphatic carbocycles. The van der Waals surface area contributed by atoms with E-state index in [0.717, 1.165) is 12.1 Å².